The number of hydrogen-bond donors (Lipinski definition) is 1. The third-order valence-electron chi connectivity index (χ3n) is 0.773. The molecule has 0 unspecified atom stereocenters. The molecular weight excluding hydrogens is 78.0 g/mol. The van der Waals surface area contributed by atoms with Gasteiger partial charge < -0.3 is 11.7 Å². The topological polar surface area (TPSA) is 29.1 Å². The second-order valence-corrected chi connectivity index (χ2v) is 1.30. The van der Waals surface area contributed by atoms with Gasteiger partial charge in [0.2, 0.25) is 0 Å². The lowest BCUT2D eigenvalue weighted by atomic mass is 10.4. The van der Waals surface area contributed by atoms with E-state index in [9.17, 15) is 4.79 Å². The molecule has 2 heteroatoms. The van der Waals surface area contributed by atoms with Crippen molar-refractivity contribution >= 4 is 5.91 Å². The van der Waals surface area contributed by atoms with E-state index in [1.807, 2.05) is 6.42 Å². The second-order valence-electron chi connectivity index (χ2n) is 1.30. The van der Waals surface area contributed by atoms with Gasteiger partial charge in [0.05, 0.1) is 0 Å². The summed E-state index contributed by atoms with van der Waals surface area (Å²) < 4.78 is 0. The highest BCUT2D eigenvalue weighted by molar-refractivity contribution is 5.79. The molecule has 2 nitrogen and oxygen atoms in total. The molecule has 0 aromatic carbocycles. The minimum atomic E-state index is 0.148. The van der Waals surface area contributed by atoms with Crippen LogP contribution in [0.25, 0.3) is 0 Å². The minimum Gasteiger partial charge on any atom is -0.388 e. The van der Waals surface area contributed by atoms with Gasteiger partial charge in [-0.3, -0.25) is 4.79 Å². The fourth-order valence-corrected chi connectivity index (χ4v) is 0.461. The van der Waals surface area contributed by atoms with Crippen molar-refractivity contribution in [2.75, 3.05) is 6.54 Å². The third-order valence-corrected chi connectivity index (χ3v) is 0.773. The van der Waals surface area contributed by atoms with E-state index in [0.717, 1.165) is 6.54 Å². The first-order valence-electron chi connectivity index (χ1n) is 1.98. The molecule has 1 fully saturated rings. The van der Waals surface area contributed by atoms with Crippen LogP contribution in [-0.2, 0) is 4.79 Å². The van der Waals surface area contributed by atoms with Crippen LogP contribution >= 0.6 is 0 Å². The standard InChI is InChI=1S/C4H6NO/c6-4-2-1-3-5-4/h1H,2-3H2,(H,5,6)/q-1. The smallest absolute Gasteiger partial charge is 0.187 e. The van der Waals surface area contributed by atoms with Crippen LogP contribution in [0.15, 0.2) is 0 Å². The molecule has 0 saturated carbocycles. The van der Waals surface area contributed by atoms with Crippen LogP contribution in [0.1, 0.15) is 6.42 Å². The molecule has 0 radical (unpaired) electrons. The van der Waals surface area contributed by atoms with Crippen LogP contribution in [0.2, 0.25) is 0 Å². The average molecular weight is 84.1 g/mol. The molecule has 1 saturated heterocycles. The summed E-state index contributed by atoms with van der Waals surface area (Å²) in [5, 5.41) is 2.62. The number of hydrogen-bond acceptors (Lipinski definition) is 1. The van der Waals surface area contributed by atoms with Crippen molar-refractivity contribution in [2.45, 2.75) is 6.42 Å². The van der Waals surface area contributed by atoms with Gasteiger partial charge in [-0.05, 0) is 0 Å². The highest BCUT2D eigenvalue weighted by atomic mass is 16.1. The third kappa shape index (κ3) is 0.506. The van der Waals surface area contributed by atoms with Crippen LogP contribution in [0, 0.1) is 6.42 Å². The first kappa shape index (κ1) is 3.65. The molecule has 0 spiro atoms. The van der Waals surface area contributed by atoms with Crippen LogP contribution in [0.3, 0.4) is 0 Å². The maximum atomic E-state index is 10.1. The van der Waals surface area contributed by atoms with Gasteiger partial charge >= 0.3 is 0 Å². The van der Waals surface area contributed by atoms with Gasteiger partial charge in [-0.15, -0.1) is 6.54 Å². The number of rotatable bonds is 0. The van der Waals surface area contributed by atoms with Gasteiger partial charge in [-0.25, -0.2) is 0 Å². The van der Waals surface area contributed by atoms with Crippen molar-refractivity contribution in [3.05, 3.63) is 6.42 Å². The summed E-state index contributed by atoms with van der Waals surface area (Å²) in [6.07, 6.45) is 2.53. The monoisotopic (exact) mass is 84.0 g/mol. The molecule has 0 bridgehead atoms. The fraction of sp³-hybridized carbons (Fsp3) is 0.500. The fourth-order valence-electron chi connectivity index (χ4n) is 0.461. The molecule has 1 rings (SSSR count). The van der Waals surface area contributed by atoms with Crippen molar-refractivity contribution in [1.82, 2.24) is 5.32 Å². The Bertz CT molecular complexity index is 61.9. The Kier molecular flexibility index (Phi) is 0.783. The van der Waals surface area contributed by atoms with Crippen LogP contribution in [0.4, 0.5) is 0 Å². The first-order chi connectivity index (χ1) is 2.89. The van der Waals surface area contributed by atoms with E-state index in [-0.39, 0.29) is 5.91 Å². The summed E-state index contributed by atoms with van der Waals surface area (Å²) >= 11 is 0. The Balaban J connectivity index is 2.37. The van der Waals surface area contributed by atoms with Crippen LogP contribution in [0.5, 0.6) is 0 Å². The molecule has 1 amide bonds. The Morgan fingerprint density at radius 1 is 1.83 bits per heavy atom. The Hall–Kier alpha value is -0.530. The van der Waals surface area contributed by atoms with Crippen LogP contribution in [-0.4, -0.2) is 12.5 Å². The molecule has 0 aromatic rings. The van der Waals surface area contributed by atoms with Gasteiger partial charge in [0.15, 0.2) is 5.91 Å². The Morgan fingerprint density at radius 2 is 2.67 bits per heavy atom. The minimum absolute atomic E-state index is 0.148. The zero-order chi connectivity index (χ0) is 4.41. The van der Waals surface area contributed by atoms with Gasteiger partial charge in [0.25, 0.3) is 0 Å². The molecular formula is C4H6NO-. The van der Waals surface area contributed by atoms with Crippen molar-refractivity contribution in [3.8, 4) is 0 Å². The highest BCUT2D eigenvalue weighted by Crippen LogP contribution is 1.91. The van der Waals surface area contributed by atoms with E-state index in [4.69, 9.17) is 0 Å². The largest absolute Gasteiger partial charge is 0.388 e. The summed E-state index contributed by atoms with van der Waals surface area (Å²) in [6, 6.07) is 0. The number of carbonyl (C=O) groups is 1. The first-order valence-corrected chi connectivity index (χ1v) is 1.98. The molecule has 1 N–H and O–H groups in total. The molecule has 1 aliphatic heterocycles. The molecule has 1 heterocycles. The molecule has 0 atom stereocenters. The average Bonchev–Trinajstić information content (AvgIpc) is 1.86. The lowest BCUT2D eigenvalue weighted by Crippen LogP contribution is -2.12. The number of nitrogens with one attached hydrogen (secondary N) is 1. The summed E-state index contributed by atoms with van der Waals surface area (Å²) in [4.78, 5) is 10.1. The number of amides is 1. The van der Waals surface area contributed by atoms with Crippen molar-refractivity contribution in [2.24, 2.45) is 0 Å². The van der Waals surface area contributed by atoms with Gasteiger partial charge in [-0.2, -0.15) is 0 Å². The van der Waals surface area contributed by atoms with E-state index in [2.05, 4.69) is 5.32 Å². The second kappa shape index (κ2) is 1.29. The summed E-state index contributed by atoms with van der Waals surface area (Å²) in [6.45, 7) is 0.763. The SMILES string of the molecule is O=C1C[CH-]CN1. The molecule has 1 aliphatic rings. The predicted octanol–water partition coefficient (Wildman–Crippen LogP) is -0.289. The lowest BCUT2D eigenvalue weighted by Gasteiger charge is -1.86. The molecule has 0 aromatic heterocycles. The summed E-state index contributed by atoms with van der Waals surface area (Å²) in [5.41, 5.74) is 0. The van der Waals surface area contributed by atoms with Gasteiger partial charge in [0.1, 0.15) is 0 Å². The quantitative estimate of drug-likeness (QED) is 0.401. The van der Waals surface area contributed by atoms with E-state index in [0.29, 0.717) is 6.42 Å². The predicted molar refractivity (Wildman–Crippen MR) is 21.9 cm³/mol. The van der Waals surface area contributed by atoms with Crippen molar-refractivity contribution < 1.29 is 4.79 Å². The highest BCUT2D eigenvalue weighted by Gasteiger charge is 1.95. The van der Waals surface area contributed by atoms with E-state index >= 15 is 0 Å². The summed E-state index contributed by atoms with van der Waals surface area (Å²) in [5.74, 6) is 0.148. The van der Waals surface area contributed by atoms with Gasteiger partial charge in [0, 0.05) is 0 Å². The number of carbonyl (C=O) groups excluding carboxylic acids is 1. The molecule has 6 heavy (non-hydrogen) atoms. The van der Waals surface area contributed by atoms with Crippen molar-refractivity contribution in [1.29, 1.82) is 0 Å². The van der Waals surface area contributed by atoms with Crippen LogP contribution < -0.4 is 5.32 Å². The maximum absolute atomic E-state index is 10.1. The lowest BCUT2D eigenvalue weighted by molar-refractivity contribution is -0.118. The van der Waals surface area contributed by atoms with Gasteiger partial charge in [-0.1, -0.05) is 6.42 Å². The Labute approximate surface area is 36.5 Å². The van der Waals surface area contributed by atoms with E-state index < -0.39 is 0 Å². The maximum Gasteiger partial charge on any atom is 0.187 e. The zero-order valence-corrected chi connectivity index (χ0v) is 3.40. The molecule has 34 valence electrons. The molecule has 0 aliphatic carbocycles. The van der Waals surface area contributed by atoms with E-state index in [1.165, 1.54) is 0 Å². The van der Waals surface area contributed by atoms with Crippen molar-refractivity contribution in [3.63, 3.8) is 0 Å². The zero-order valence-electron chi connectivity index (χ0n) is 3.40. The normalized spacial score (nSPS) is 21.0. The summed E-state index contributed by atoms with van der Waals surface area (Å²) in [7, 11) is 0. The Morgan fingerprint density at radius 3 is 2.83 bits per heavy atom. The van der Waals surface area contributed by atoms with E-state index in [1.54, 1.807) is 0 Å².